The Labute approximate surface area is 73.0 Å². The van der Waals surface area contributed by atoms with E-state index in [1.165, 1.54) is 0 Å². The summed E-state index contributed by atoms with van der Waals surface area (Å²) in [6.07, 6.45) is 4.85. The van der Waals surface area contributed by atoms with Crippen LogP contribution in [0.2, 0.25) is 0 Å². The number of nitrogens with zero attached hydrogens (tertiary/aromatic N) is 2. The minimum atomic E-state index is -2.09. The molecule has 0 bridgehead atoms. The lowest BCUT2D eigenvalue weighted by molar-refractivity contribution is 0.684. The van der Waals surface area contributed by atoms with Gasteiger partial charge in [0.25, 0.3) is 0 Å². The Balaban J connectivity index is 3.23. The summed E-state index contributed by atoms with van der Waals surface area (Å²) < 4.78 is 15.3. The Morgan fingerprint density at radius 2 is 2.17 bits per heavy atom. The molecule has 0 unspecified atom stereocenters. The fourth-order valence-corrected chi connectivity index (χ4v) is 1.39. The van der Waals surface area contributed by atoms with Gasteiger partial charge in [-0.25, -0.2) is 9.19 Å². The van der Waals surface area contributed by atoms with E-state index in [1.54, 1.807) is 18.7 Å². The number of hydrogen-bond donors (Lipinski definition) is 0. The molecule has 0 N–H and O–H groups in total. The third-order valence-electron chi connectivity index (χ3n) is 1.29. The van der Waals surface area contributed by atoms with Crippen LogP contribution in [0.5, 0.6) is 0 Å². The van der Waals surface area contributed by atoms with Gasteiger partial charge >= 0.3 is 0 Å². The smallest absolute Gasteiger partial charge is 0.164 e. The van der Waals surface area contributed by atoms with Gasteiger partial charge in [-0.1, -0.05) is 6.07 Å². The van der Waals surface area contributed by atoms with E-state index in [2.05, 4.69) is 9.35 Å². The van der Waals surface area contributed by atoms with Crippen LogP contribution in [-0.4, -0.2) is 21.7 Å². The monoisotopic (exact) mass is 184 g/mol. The highest BCUT2D eigenvalue weighted by Gasteiger charge is 1.97. The van der Waals surface area contributed by atoms with Crippen LogP contribution >= 0.6 is 0 Å². The lowest BCUT2D eigenvalue weighted by Crippen LogP contribution is -1.90. The summed E-state index contributed by atoms with van der Waals surface area (Å²) in [7, 11) is -2.09. The number of aromatic nitrogens is 1. The van der Waals surface area contributed by atoms with Crippen LogP contribution in [0.4, 0.5) is 5.82 Å². The summed E-state index contributed by atoms with van der Waals surface area (Å²) in [6.45, 7) is 1.90. The van der Waals surface area contributed by atoms with Crippen LogP contribution in [0, 0.1) is 6.92 Å². The predicted molar refractivity (Wildman–Crippen MR) is 51.1 cm³/mol. The Morgan fingerprint density at radius 3 is 2.67 bits per heavy atom. The van der Waals surface area contributed by atoms with Crippen molar-refractivity contribution >= 4 is 15.5 Å². The zero-order chi connectivity index (χ0) is 9.19. The van der Waals surface area contributed by atoms with Crippen LogP contribution in [0.1, 0.15) is 5.56 Å². The van der Waals surface area contributed by atoms with Gasteiger partial charge in [0.05, 0.1) is 0 Å². The molecule has 0 aliphatic heterocycles. The van der Waals surface area contributed by atoms with Gasteiger partial charge in [-0.3, -0.25) is 0 Å². The average molecular weight is 184 g/mol. The fraction of sp³-hybridized carbons (Fsp3) is 0.375. The van der Waals surface area contributed by atoms with Crippen molar-refractivity contribution in [2.45, 2.75) is 6.92 Å². The van der Waals surface area contributed by atoms with Gasteiger partial charge in [0.1, 0.15) is 0 Å². The average Bonchev–Trinajstić information content (AvgIpc) is 1.91. The lowest BCUT2D eigenvalue weighted by atomic mass is 10.3. The molecule has 1 aromatic heterocycles. The van der Waals surface area contributed by atoms with Gasteiger partial charge in [-0.05, 0) is 18.6 Å². The van der Waals surface area contributed by atoms with E-state index in [9.17, 15) is 4.21 Å². The van der Waals surface area contributed by atoms with E-state index in [-0.39, 0.29) is 0 Å². The normalized spacial score (nSPS) is 11.2. The second-order valence-electron chi connectivity index (χ2n) is 2.92. The van der Waals surface area contributed by atoms with E-state index in [0.717, 1.165) is 5.56 Å². The summed E-state index contributed by atoms with van der Waals surface area (Å²) in [6, 6.07) is 3.73. The molecule has 0 aromatic carbocycles. The molecule has 0 fully saturated rings. The lowest BCUT2D eigenvalue weighted by Gasteiger charge is -1.98. The summed E-state index contributed by atoms with van der Waals surface area (Å²) in [5.41, 5.74) is 0.953. The van der Waals surface area contributed by atoms with Crippen LogP contribution < -0.4 is 0 Å². The molecule has 0 atom stereocenters. The first kappa shape index (κ1) is 9.19. The second-order valence-corrected chi connectivity index (χ2v) is 5.46. The standard InChI is InChI=1S/C8H12N2OS/c1-7-5-4-6-9-8(7)10-12(2,3)11/h4-6H,1-3H3. The highest BCUT2D eigenvalue weighted by molar-refractivity contribution is 7.92. The van der Waals surface area contributed by atoms with Gasteiger partial charge in [0.15, 0.2) is 5.82 Å². The minimum Gasteiger partial charge on any atom is -0.250 e. The zero-order valence-corrected chi connectivity index (χ0v) is 8.26. The molecule has 0 aliphatic rings. The first-order chi connectivity index (χ1) is 5.49. The number of hydrogen-bond acceptors (Lipinski definition) is 3. The Kier molecular flexibility index (Phi) is 2.47. The maximum atomic E-state index is 11.3. The molecule has 12 heavy (non-hydrogen) atoms. The Bertz CT molecular complexity index is 384. The Hall–Kier alpha value is -0.900. The van der Waals surface area contributed by atoms with Crippen LogP contribution in [0.3, 0.4) is 0 Å². The molecule has 1 rings (SSSR count). The number of aryl methyl sites for hydroxylation is 1. The molecule has 4 heteroatoms. The van der Waals surface area contributed by atoms with Crippen molar-refractivity contribution in [1.82, 2.24) is 4.98 Å². The SMILES string of the molecule is Cc1cccnc1N=S(C)(C)=O. The van der Waals surface area contributed by atoms with Crippen molar-refractivity contribution in [3.63, 3.8) is 0 Å². The number of pyridine rings is 1. The Morgan fingerprint density at radius 1 is 1.50 bits per heavy atom. The van der Waals surface area contributed by atoms with E-state index in [0.29, 0.717) is 5.82 Å². The highest BCUT2D eigenvalue weighted by Crippen LogP contribution is 2.14. The largest absolute Gasteiger partial charge is 0.250 e. The molecule has 66 valence electrons. The van der Waals surface area contributed by atoms with Crippen LogP contribution in [0.15, 0.2) is 22.7 Å². The second kappa shape index (κ2) is 3.23. The number of rotatable bonds is 1. The van der Waals surface area contributed by atoms with Gasteiger partial charge in [0, 0.05) is 28.4 Å². The molecular formula is C8H12N2OS. The van der Waals surface area contributed by atoms with E-state index in [4.69, 9.17) is 0 Å². The summed E-state index contributed by atoms with van der Waals surface area (Å²) in [5, 5.41) is 0. The first-order valence-electron chi connectivity index (χ1n) is 3.58. The van der Waals surface area contributed by atoms with Gasteiger partial charge in [-0.2, -0.15) is 4.36 Å². The molecule has 0 amide bonds. The topological polar surface area (TPSA) is 42.3 Å². The van der Waals surface area contributed by atoms with Crippen molar-refractivity contribution in [2.24, 2.45) is 4.36 Å². The molecule has 0 radical (unpaired) electrons. The van der Waals surface area contributed by atoms with Crippen molar-refractivity contribution in [1.29, 1.82) is 0 Å². The summed E-state index contributed by atoms with van der Waals surface area (Å²) in [4.78, 5) is 4.02. The van der Waals surface area contributed by atoms with Crippen molar-refractivity contribution in [3.8, 4) is 0 Å². The summed E-state index contributed by atoms with van der Waals surface area (Å²) in [5.74, 6) is 0.576. The molecule has 1 aromatic rings. The first-order valence-corrected chi connectivity index (χ1v) is 5.91. The van der Waals surface area contributed by atoms with E-state index < -0.39 is 9.73 Å². The van der Waals surface area contributed by atoms with Gasteiger partial charge in [0.2, 0.25) is 0 Å². The summed E-state index contributed by atoms with van der Waals surface area (Å²) >= 11 is 0. The van der Waals surface area contributed by atoms with Crippen molar-refractivity contribution < 1.29 is 4.21 Å². The molecule has 0 spiro atoms. The zero-order valence-electron chi connectivity index (χ0n) is 7.44. The quantitative estimate of drug-likeness (QED) is 0.667. The van der Waals surface area contributed by atoms with Gasteiger partial charge in [-0.15, -0.1) is 0 Å². The molecule has 0 saturated heterocycles. The molecule has 1 heterocycles. The minimum absolute atomic E-state index is 0.576. The van der Waals surface area contributed by atoms with E-state index >= 15 is 0 Å². The molecule has 0 saturated carbocycles. The van der Waals surface area contributed by atoms with Crippen LogP contribution in [-0.2, 0) is 9.73 Å². The predicted octanol–water partition coefficient (Wildman–Crippen LogP) is 1.75. The van der Waals surface area contributed by atoms with Gasteiger partial charge < -0.3 is 0 Å². The van der Waals surface area contributed by atoms with Crippen molar-refractivity contribution in [3.05, 3.63) is 23.9 Å². The van der Waals surface area contributed by atoms with Crippen molar-refractivity contribution in [2.75, 3.05) is 12.5 Å². The maximum Gasteiger partial charge on any atom is 0.164 e. The van der Waals surface area contributed by atoms with Crippen LogP contribution in [0.25, 0.3) is 0 Å². The molecule has 0 aliphatic carbocycles. The third-order valence-corrected chi connectivity index (χ3v) is 1.90. The molecular weight excluding hydrogens is 172 g/mol. The maximum absolute atomic E-state index is 11.3. The van der Waals surface area contributed by atoms with E-state index in [1.807, 2.05) is 19.1 Å². The molecule has 3 nitrogen and oxygen atoms in total. The third kappa shape index (κ3) is 2.62. The fourth-order valence-electron chi connectivity index (χ4n) is 0.781. The highest BCUT2D eigenvalue weighted by atomic mass is 32.2.